The van der Waals surface area contributed by atoms with E-state index in [2.05, 4.69) is 70.7 Å². The van der Waals surface area contributed by atoms with Crippen LogP contribution in [0.1, 0.15) is 34.5 Å². The molecule has 1 amide bonds. The zero-order chi connectivity index (χ0) is 19.3. The van der Waals surface area contributed by atoms with E-state index in [1.807, 2.05) is 11.4 Å². The Kier molecular flexibility index (Phi) is 5.84. The fourth-order valence-corrected chi connectivity index (χ4v) is 4.35. The largest absolute Gasteiger partial charge is 0.348 e. The standard InChI is InChI=1S/C23H25N3OS/c1-17-7-9-19(10-8-17)23-25-21(16-28-23)22(27)24-20-11-13-26(14-12-20)15-18-5-3-2-4-6-18/h2-10,16,20H,11-15H2,1H3,(H,24,27). The number of amides is 1. The lowest BCUT2D eigenvalue weighted by Gasteiger charge is -2.32. The smallest absolute Gasteiger partial charge is 0.270 e. The second-order valence-corrected chi connectivity index (χ2v) is 8.27. The van der Waals surface area contributed by atoms with Crippen molar-refractivity contribution in [2.24, 2.45) is 0 Å². The van der Waals surface area contributed by atoms with Crippen molar-refractivity contribution in [3.8, 4) is 10.6 Å². The Morgan fingerprint density at radius 2 is 1.82 bits per heavy atom. The van der Waals surface area contributed by atoms with Crippen LogP contribution in [0.15, 0.2) is 60.0 Å². The zero-order valence-corrected chi connectivity index (χ0v) is 16.9. The van der Waals surface area contributed by atoms with Crippen molar-refractivity contribution in [3.63, 3.8) is 0 Å². The summed E-state index contributed by atoms with van der Waals surface area (Å²) in [5, 5.41) is 5.92. The van der Waals surface area contributed by atoms with Crippen molar-refractivity contribution in [2.75, 3.05) is 13.1 Å². The van der Waals surface area contributed by atoms with E-state index in [1.54, 1.807) is 0 Å². The van der Waals surface area contributed by atoms with Gasteiger partial charge in [0.25, 0.3) is 5.91 Å². The van der Waals surface area contributed by atoms with E-state index in [-0.39, 0.29) is 11.9 Å². The highest BCUT2D eigenvalue weighted by molar-refractivity contribution is 7.13. The Labute approximate surface area is 170 Å². The number of benzene rings is 2. The molecule has 1 aromatic heterocycles. The fraction of sp³-hybridized carbons (Fsp3) is 0.304. The predicted octanol–water partition coefficient (Wildman–Crippen LogP) is 4.51. The highest BCUT2D eigenvalue weighted by atomic mass is 32.1. The van der Waals surface area contributed by atoms with Crippen molar-refractivity contribution in [3.05, 3.63) is 76.8 Å². The van der Waals surface area contributed by atoms with Gasteiger partial charge >= 0.3 is 0 Å². The van der Waals surface area contributed by atoms with E-state index in [1.165, 1.54) is 22.5 Å². The van der Waals surface area contributed by atoms with Crippen molar-refractivity contribution < 1.29 is 4.79 Å². The SMILES string of the molecule is Cc1ccc(-c2nc(C(=O)NC3CCN(Cc4ccccc4)CC3)cs2)cc1. The molecule has 1 aliphatic rings. The molecule has 4 nitrogen and oxygen atoms in total. The number of piperidine rings is 1. The summed E-state index contributed by atoms with van der Waals surface area (Å²) in [5.41, 5.74) is 4.14. The maximum atomic E-state index is 12.6. The summed E-state index contributed by atoms with van der Waals surface area (Å²) in [5.74, 6) is -0.0591. The first-order valence-electron chi connectivity index (χ1n) is 9.77. The van der Waals surface area contributed by atoms with Crippen LogP contribution in [0.3, 0.4) is 0 Å². The highest BCUT2D eigenvalue weighted by Gasteiger charge is 2.22. The average molecular weight is 392 g/mol. The van der Waals surface area contributed by atoms with Crippen LogP contribution in [0.25, 0.3) is 10.6 Å². The van der Waals surface area contributed by atoms with Gasteiger partial charge in [-0.2, -0.15) is 0 Å². The van der Waals surface area contributed by atoms with Crippen LogP contribution in [0.4, 0.5) is 0 Å². The van der Waals surface area contributed by atoms with Crippen LogP contribution >= 0.6 is 11.3 Å². The molecular formula is C23H25N3OS. The average Bonchev–Trinajstić information content (AvgIpc) is 3.21. The second-order valence-electron chi connectivity index (χ2n) is 7.41. The van der Waals surface area contributed by atoms with Crippen molar-refractivity contribution >= 4 is 17.2 Å². The summed E-state index contributed by atoms with van der Waals surface area (Å²) < 4.78 is 0. The number of thiazole rings is 1. The van der Waals surface area contributed by atoms with Crippen LogP contribution in [-0.2, 0) is 6.54 Å². The summed E-state index contributed by atoms with van der Waals surface area (Å²) in [6.07, 6.45) is 1.96. The van der Waals surface area contributed by atoms with E-state index >= 15 is 0 Å². The van der Waals surface area contributed by atoms with E-state index in [0.29, 0.717) is 5.69 Å². The van der Waals surface area contributed by atoms with Gasteiger partial charge in [-0.25, -0.2) is 4.98 Å². The number of nitrogens with one attached hydrogen (secondary N) is 1. The van der Waals surface area contributed by atoms with Crippen molar-refractivity contribution in [1.82, 2.24) is 15.2 Å². The first-order valence-corrected chi connectivity index (χ1v) is 10.6. The molecule has 1 N–H and O–H groups in total. The van der Waals surface area contributed by atoms with E-state index in [0.717, 1.165) is 43.0 Å². The number of aromatic nitrogens is 1. The number of rotatable bonds is 5. The predicted molar refractivity (Wildman–Crippen MR) is 114 cm³/mol. The molecule has 0 radical (unpaired) electrons. The molecular weight excluding hydrogens is 366 g/mol. The van der Waals surface area contributed by atoms with Gasteiger partial charge in [-0.05, 0) is 25.3 Å². The molecule has 4 rings (SSSR count). The number of aryl methyl sites for hydroxylation is 1. The molecule has 0 aliphatic carbocycles. The Bertz CT molecular complexity index is 913. The molecule has 0 bridgehead atoms. The number of hydrogen-bond acceptors (Lipinski definition) is 4. The monoisotopic (exact) mass is 391 g/mol. The maximum Gasteiger partial charge on any atom is 0.270 e. The minimum absolute atomic E-state index is 0.0591. The van der Waals surface area contributed by atoms with Crippen LogP contribution in [0.5, 0.6) is 0 Å². The lowest BCUT2D eigenvalue weighted by Crippen LogP contribution is -2.44. The fourth-order valence-electron chi connectivity index (χ4n) is 3.54. The van der Waals surface area contributed by atoms with Crippen molar-refractivity contribution in [2.45, 2.75) is 32.4 Å². The van der Waals surface area contributed by atoms with Gasteiger partial charge in [-0.3, -0.25) is 9.69 Å². The Morgan fingerprint density at radius 1 is 1.11 bits per heavy atom. The molecule has 0 unspecified atom stereocenters. The summed E-state index contributed by atoms with van der Waals surface area (Å²) in [6.45, 7) is 5.06. The van der Waals surface area contributed by atoms with Gasteiger partial charge in [-0.15, -0.1) is 11.3 Å². The third kappa shape index (κ3) is 4.66. The Balaban J connectivity index is 1.29. The number of likely N-dealkylation sites (tertiary alicyclic amines) is 1. The molecule has 2 aromatic carbocycles. The molecule has 1 aliphatic heterocycles. The minimum Gasteiger partial charge on any atom is -0.348 e. The maximum absolute atomic E-state index is 12.6. The molecule has 0 spiro atoms. The van der Waals surface area contributed by atoms with Crippen LogP contribution in [0.2, 0.25) is 0 Å². The molecule has 1 fully saturated rings. The lowest BCUT2D eigenvalue weighted by molar-refractivity contribution is 0.0904. The van der Waals surface area contributed by atoms with Gasteiger partial charge in [0.15, 0.2) is 0 Å². The van der Waals surface area contributed by atoms with Crippen LogP contribution in [-0.4, -0.2) is 34.9 Å². The Hall–Kier alpha value is -2.50. The third-order valence-electron chi connectivity index (χ3n) is 5.21. The first kappa shape index (κ1) is 18.8. The normalized spacial score (nSPS) is 15.5. The third-order valence-corrected chi connectivity index (χ3v) is 6.10. The van der Waals surface area contributed by atoms with Gasteiger partial charge in [0.2, 0.25) is 0 Å². The van der Waals surface area contributed by atoms with Crippen molar-refractivity contribution in [1.29, 1.82) is 0 Å². The van der Waals surface area contributed by atoms with Gasteiger partial charge in [0.1, 0.15) is 10.7 Å². The molecule has 0 saturated carbocycles. The second kappa shape index (κ2) is 8.67. The summed E-state index contributed by atoms with van der Waals surface area (Å²) >= 11 is 1.52. The van der Waals surface area contributed by atoms with Crippen LogP contribution < -0.4 is 5.32 Å². The first-order chi connectivity index (χ1) is 13.7. The minimum atomic E-state index is -0.0591. The molecule has 3 aromatic rings. The zero-order valence-electron chi connectivity index (χ0n) is 16.1. The molecule has 28 heavy (non-hydrogen) atoms. The topological polar surface area (TPSA) is 45.2 Å². The van der Waals surface area contributed by atoms with Gasteiger partial charge in [0, 0.05) is 36.6 Å². The molecule has 2 heterocycles. The van der Waals surface area contributed by atoms with Crippen LogP contribution in [0, 0.1) is 6.92 Å². The van der Waals surface area contributed by atoms with Gasteiger partial charge < -0.3 is 5.32 Å². The van der Waals surface area contributed by atoms with E-state index in [9.17, 15) is 4.79 Å². The number of carbonyl (C=O) groups is 1. The highest BCUT2D eigenvalue weighted by Crippen LogP contribution is 2.24. The lowest BCUT2D eigenvalue weighted by atomic mass is 10.0. The van der Waals surface area contributed by atoms with E-state index in [4.69, 9.17) is 0 Å². The number of hydrogen-bond donors (Lipinski definition) is 1. The molecule has 144 valence electrons. The molecule has 5 heteroatoms. The summed E-state index contributed by atoms with van der Waals surface area (Å²) in [4.78, 5) is 19.6. The summed E-state index contributed by atoms with van der Waals surface area (Å²) in [6, 6.07) is 19.0. The Morgan fingerprint density at radius 3 is 2.54 bits per heavy atom. The summed E-state index contributed by atoms with van der Waals surface area (Å²) in [7, 11) is 0. The number of carbonyl (C=O) groups excluding carboxylic acids is 1. The van der Waals surface area contributed by atoms with Gasteiger partial charge in [0.05, 0.1) is 0 Å². The molecule has 1 saturated heterocycles. The quantitative estimate of drug-likeness (QED) is 0.696. The number of nitrogens with zero attached hydrogens (tertiary/aromatic N) is 2. The van der Waals surface area contributed by atoms with E-state index < -0.39 is 0 Å². The molecule has 0 atom stereocenters. The van der Waals surface area contributed by atoms with Gasteiger partial charge in [-0.1, -0.05) is 60.2 Å².